The molecule has 0 saturated carbocycles. The van der Waals surface area contributed by atoms with Crippen LogP contribution in [0.5, 0.6) is 0 Å². The minimum atomic E-state index is -4.20. The molecule has 0 atom stereocenters. The van der Waals surface area contributed by atoms with Gasteiger partial charge < -0.3 is 0 Å². The van der Waals surface area contributed by atoms with E-state index < -0.39 is 56.4 Å². The molecule has 0 aromatic carbocycles. The molecule has 0 spiro atoms. The van der Waals surface area contributed by atoms with Crippen LogP contribution in [0.2, 0.25) is 0 Å². The van der Waals surface area contributed by atoms with Gasteiger partial charge in [-0.3, -0.25) is 0 Å². The Morgan fingerprint density at radius 3 is 0.538 bits per heavy atom. The van der Waals surface area contributed by atoms with Crippen molar-refractivity contribution in [2.75, 3.05) is 0 Å². The average Bonchev–Trinajstić information content (AvgIpc) is 1.54. The van der Waals surface area contributed by atoms with Crippen LogP contribution < -0.4 is 10.8 Å². The molecule has 0 unspecified atom stereocenters. The summed E-state index contributed by atoms with van der Waals surface area (Å²) in [6.45, 7) is 0. The van der Waals surface area contributed by atoms with Gasteiger partial charge in [0, 0.05) is 0 Å². The molecule has 0 amide bonds. The van der Waals surface area contributed by atoms with Gasteiger partial charge >= 0.3 is 127 Å². The Morgan fingerprint density at radius 1 is 0.538 bits per heavy atom. The summed E-state index contributed by atoms with van der Waals surface area (Å²) in [6.07, 6.45) is 0. The van der Waals surface area contributed by atoms with Crippen molar-refractivity contribution in [3.63, 3.8) is 0 Å². The second kappa shape index (κ2) is 19.8. The summed E-state index contributed by atoms with van der Waals surface area (Å²) in [5.74, 6) is 0. The second-order valence-electron chi connectivity index (χ2n) is 0.671. The molecule has 0 aromatic rings. The molecule has 0 aromatic heterocycles. The zero-order chi connectivity index (χ0) is 10.7. The molecule has 0 saturated heterocycles. The van der Waals surface area contributed by atoms with E-state index in [-0.39, 0.29) is 40.4 Å². The van der Waals surface area contributed by atoms with E-state index in [0.717, 1.165) is 0 Å². The monoisotopic (exact) mass is 575 g/mol. The average molecular weight is 573 g/mol. The van der Waals surface area contributed by atoms with E-state index >= 15 is 0 Å². The molecule has 75 valence electrons. The fraction of sp³-hybridized carbons (Fsp3) is 0. The first-order valence-corrected chi connectivity index (χ1v) is 9.72. The van der Waals surface area contributed by atoms with Crippen molar-refractivity contribution in [1.29, 1.82) is 0 Å². The van der Waals surface area contributed by atoms with Crippen molar-refractivity contribution in [1.82, 2.24) is 0 Å². The first-order chi connectivity index (χ1) is 5.20. The maximum atomic E-state index is 8.60. The van der Waals surface area contributed by atoms with Crippen molar-refractivity contribution < 1.29 is 127 Å². The zero-order valence-electron chi connectivity index (χ0n) is 5.42. The van der Waals surface area contributed by atoms with Gasteiger partial charge in [-0.05, 0) is 0 Å². The Balaban J connectivity index is -0.0000000450. The topological polar surface area (TPSA) is 172 Å². The van der Waals surface area contributed by atoms with Gasteiger partial charge in [-0.2, -0.15) is 0 Å². The van der Waals surface area contributed by atoms with Gasteiger partial charge in [-0.15, -0.1) is 0 Å². The van der Waals surface area contributed by atoms with Gasteiger partial charge in [-0.1, -0.05) is 0 Å². The molecule has 1 radical (unpaired) electrons. The molecular weight excluding hydrogens is 573 g/mol. The number of hydrogen-bond acceptors (Lipinski definition) is 9. The third kappa shape index (κ3) is 426. The molecule has 0 aliphatic heterocycles. The molecule has 0 aliphatic carbocycles. The van der Waals surface area contributed by atoms with Crippen LogP contribution in [-0.4, -0.2) is 0 Å². The largest absolute Gasteiger partial charge is 3.00 e. The van der Waals surface area contributed by atoms with Gasteiger partial charge in [0.1, 0.15) is 0 Å². The van der Waals surface area contributed by atoms with Crippen LogP contribution in [0.3, 0.4) is 0 Å². The summed E-state index contributed by atoms with van der Waals surface area (Å²) < 4.78 is 77.4. The van der Waals surface area contributed by atoms with E-state index in [1.54, 1.807) is 0 Å². The molecular formula is Nb3O9Sm. The van der Waals surface area contributed by atoms with E-state index in [4.69, 9.17) is 30.3 Å². The molecule has 9 nitrogen and oxygen atoms in total. The Hall–Kier alpha value is 2.24. The van der Waals surface area contributed by atoms with Crippen molar-refractivity contribution >= 4 is 0 Å². The van der Waals surface area contributed by atoms with Gasteiger partial charge in [0.15, 0.2) is 0 Å². The van der Waals surface area contributed by atoms with E-state index in [1.807, 2.05) is 0 Å². The van der Waals surface area contributed by atoms with Crippen LogP contribution in [0.4, 0.5) is 0 Å². The van der Waals surface area contributed by atoms with Crippen LogP contribution in [0, 0.1) is 40.4 Å². The fourth-order valence-corrected chi connectivity index (χ4v) is 0. The summed E-state index contributed by atoms with van der Waals surface area (Å²) in [5.41, 5.74) is 0. The molecule has 0 bridgehead atoms. The molecule has 0 N–H and O–H groups in total. The van der Waals surface area contributed by atoms with Crippen molar-refractivity contribution in [3.05, 3.63) is 0 Å². The van der Waals surface area contributed by atoms with Crippen LogP contribution in [-0.2, 0) is 75.9 Å². The standard InChI is InChI=1S/3Nb.9O.Sm/q;;;;;;;;;3*-1;+3. The van der Waals surface area contributed by atoms with Crippen molar-refractivity contribution in [2.24, 2.45) is 0 Å². The van der Waals surface area contributed by atoms with Crippen LogP contribution in [0.1, 0.15) is 0 Å². The predicted molar refractivity (Wildman–Crippen MR) is 4.12 cm³/mol. The maximum absolute atomic E-state index is 8.60. The zero-order valence-corrected chi connectivity index (χ0v) is 14.6. The Morgan fingerprint density at radius 2 is 0.538 bits per heavy atom. The fourth-order valence-electron chi connectivity index (χ4n) is 0. The van der Waals surface area contributed by atoms with Crippen molar-refractivity contribution in [2.45, 2.75) is 0 Å². The van der Waals surface area contributed by atoms with E-state index in [2.05, 4.69) is 0 Å². The van der Waals surface area contributed by atoms with Crippen LogP contribution in [0.25, 0.3) is 0 Å². The second-order valence-corrected chi connectivity index (χ2v) is 3.97. The summed E-state index contributed by atoms with van der Waals surface area (Å²) >= 11 is -12.6. The minimum Gasteiger partial charge on any atom is 3.00 e. The van der Waals surface area contributed by atoms with Crippen molar-refractivity contribution in [3.8, 4) is 0 Å². The number of hydrogen-bond donors (Lipinski definition) is 0. The Kier molecular flexibility index (Phi) is 37.2. The minimum absolute atomic E-state index is 0. The molecule has 13 heavy (non-hydrogen) atoms. The summed E-state index contributed by atoms with van der Waals surface area (Å²) in [6, 6.07) is 0. The first-order valence-electron chi connectivity index (χ1n) is 1.64. The van der Waals surface area contributed by atoms with E-state index in [1.165, 1.54) is 0 Å². The van der Waals surface area contributed by atoms with Crippen LogP contribution >= 0.6 is 0 Å². The first kappa shape index (κ1) is 24.5. The molecule has 13 heteroatoms. The molecule has 0 aliphatic rings. The Bertz CT molecular complexity index is 208. The van der Waals surface area contributed by atoms with Gasteiger partial charge in [0.2, 0.25) is 0 Å². The summed E-state index contributed by atoms with van der Waals surface area (Å²) in [7, 11) is 0. The predicted octanol–water partition coefficient (Wildman–Crippen LogP) is -4.29. The summed E-state index contributed by atoms with van der Waals surface area (Å²) in [5, 5.41) is 0. The molecule has 0 heterocycles. The molecule has 0 fully saturated rings. The maximum Gasteiger partial charge on any atom is 3.00 e. The van der Waals surface area contributed by atoms with Crippen LogP contribution in [0.15, 0.2) is 0 Å². The van der Waals surface area contributed by atoms with E-state index in [0.29, 0.717) is 0 Å². The normalized spacial score (nSPS) is 5.77. The Labute approximate surface area is 124 Å². The number of rotatable bonds is 0. The molecule has 0 rings (SSSR count). The SMILES string of the molecule is [O]=[Nb](=[O])[O-].[O]=[Nb](=[O])[O-].[O]=[Nb](=[O])[O-].[Sm+3]. The summed E-state index contributed by atoms with van der Waals surface area (Å²) in [4.78, 5) is 0. The van der Waals surface area contributed by atoms with Gasteiger partial charge in [0.25, 0.3) is 0 Å². The third-order valence-corrected chi connectivity index (χ3v) is 0. The van der Waals surface area contributed by atoms with Gasteiger partial charge in [0.05, 0.1) is 0 Å². The quantitative estimate of drug-likeness (QED) is 0.260. The van der Waals surface area contributed by atoms with E-state index in [9.17, 15) is 0 Å². The third-order valence-electron chi connectivity index (χ3n) is 0. The smallest absolute Gasteiger partial charge is 3.00 e. The van der Waals surface area contributed by atoms with Gasteiger partial charge in [-0.25, -0.2) is 0 Å².